The Bertz CT molecular complexity index is 1270. The molecule has 4 aromatic rings. The molecule has 0 unspecified atom stereocenters. The lowest BCUT2D eigenvalue weighted by atomic mass is 10.0. The third kappa shape index (κ3) is 5.15. The van der Waals surface area contributed by atoms with E-state index in [1.807, 2.05) is 12.1 Å². The quantitative estimate of drug-likeness (QED) is 0.0987. The Hall–Kier alpha value is -4.26. The average molecular weight is 442 g/mol. The highest BCUT2D eigenvalue weighted by Gasteiger charge is 2.20. The Morgan fingerprint density at radius 1 is 1.06 bits per heavy atom. The second-order valence-corrected chi connectivity index (χ2v) is 7.45. The number of benzene rings is 3. The summed E-state index contributed by atoms with van der Waals surface area (Å²) in [5.74, 6) is 0.602. The monoisotopic (exact) mass is 442 g/mol. The van der Waals surface area contributed by atoms with E-state index in [-0.39, 0.29) is 22.9 Å². The molecule has 7 nitrogen and oxygen atoms in total. The lowest BCUT2D eigenvalue weighted by Crippen LogP contribution is -2.04. The maximum atomic E-state index is 13.5. The predicted molar refractivity (Wildman–Crippen MR) is 126 cm³/mol. The highest BCUT2D eigenvalue weighted by atomic mass is 16.6. The molecular weight excluding hydrogens is 420 g/mol. The topological polar surface area (TPSA) is 95.5 Å². The van der Waals surface area contributed by atoms with Crippen LogP contribution in [-0.2, 0) is 0 Å². The van der Waals surface area contributed by atoms with Gasteiger partial charge < -0.3 is 9.15 Å². The Kier molecular flexibility index (Phi) is 6.59. The fourth-order valence-corrected chi connectivity index (χ4v) is 3.26. The van der Waals surface area contributed by atoms with Crippen molar-refractivity contribution < 1.29 is 18.9 Å². The zero-order chi connectivity index (χ0) is 23.2. The molecule has 0 N–H and O–H groups in total. The third-order valence-electron chi connectivity index (χ3n) is 5.07. The second-order valence-electron chi connectivity index (χ2n) is 7.45. The largest absolute Gasteiger partial charge is 0.494 e. The molecule has 0 saturated carbocycles. The fraction of sp³-hybridized carbons (Fsp3) is 0.154. The van der Waals surface area contributed by atoms with E-state index in [1.165, 1.54) is 12.1 Å². The van der Waals surface area contributed by atoms with Crippen molar-refractivity contribution in [2.45, 2.75) is 19.8 Å². The van der Waals surface area contributed by atoms with Crippen LogP contribution >= 0.6 is 0 Å². The van der Waals surface area contributed by atoms with Crippen LogP contribution in [0.3, 0.4) is 0 Å². The van der Waals surface area contributed by atoms with Crippen molar-refractivity contribution in [1.82, 2.24) is 4.98 Å². The van der Waals surface area contributed by atoms with Crippen LogP contribution in [0.4, 0.5) is 5.69 Å². The van der Waals surface area contributed by atoms with E-state index in [2.05, 4.69) is 11.9 Å². The first kappa shape index (κ1) is 22.0. The molecule has 0 atom stereocenters. The maximum absolute atomic E-state index is 13.5. The van der Waals surface area contributed by atoms with Gasteiger partial charge in [-0.3, -0.25) is 14.9 Å². The van der Waals surface area contributed by atoms with Gasteiger partial charge in [0.05, 0.1) is 17.1 Å². The molecule has 0 aliphatic heterocycles. The normalized spacial score (nSPS) is 11.5. The molecule has 7 heteroatoms. The summed E-state index contributed by atoms with van der Waals surface area (Å²) in [4.78, 5) is 28.4. The number of Topliss-reactive ketones (excluding diaryl/α,β-unsaturated/α-hetero) is 1. The average Bonchev–Trinajstić information content (AvgIpc) is 3.27. The number of allylic oxidation sites excluding steroid dienone is 1. The molecule has 0 aliphatic carbocycles. The number of fused-ring (bicyclic) bond motifs is 1. The van der Waals surface area contributed by atoms with Gasteiger partial charge in [0.15, 0.2) is 11.4 Å². The molecular formula is C26H22N2O5. The van der Waals surface area contributed by atoms with Gasteiger partial charge in [-0.05, 0) is 66.6 Å². The molecule has 0 aliphatic rings. The van der Waals surface area contributed by atoms with Crippen molar-refractivity contribution in [3.63, 3.8) is 0 Å². The van der Waals surface area contributed by atoms with Crippen LogP contribution < -0.4 is 4.74 Å². The van der Waals surface area contributed by atoms with Crippen molar-refractivity contribution >= 4 is 34.2 Å². The van der Waals surface area contributed by atoms with Gasteiger partial charge in [0, 0.05) is 17.7 Å². The molecule has 0 fully saturated rings. The summed E-state index contributed by atoms with van der Waals surface area (Å²) in [5.41, 5.74) is 2.49. The summed E-state index contributed by atoms with van der Waals surface area (Å²) < 4.78 is 11.5. The molecule has 3 aromatic carbocycles. The van der Waals surface area contributed by atoms with Crippen LogP contribution in [-0.4, -0.2) is 22.3 Å². The highest BCUT2D eigenvalue weighted by Crippen LogP contribution is 2.27. The van der Waals surface area contributed by atoms with Gasteiger partial charge >= 0.3 is 0 Å². The molecule has 0 radical (unpaired) electrons. The number of nitro benzene ring substituents is 1. The Balaban J connectivity index is 1.70. The van der Waals surface area contributed by atoms with Crippen LogP contribution in [0.5, 0.6) is 5.75 Å². The summed E-state index contributed by atoms with van der Waals surface area (Å²) in [6.45, 7) is 2.72. The Labute approximate surface area is 190 Å². The van der Waals surface area contributed by atoms with E-state index in [0.717, 1.165) is 12.8 Å². The number of ketones is 1. The van der Waals surface area contributed by atoms with Crippen molar-refractivity contribution in [3.05, 3.63) is 99.9 Å². The number of oxazole rings is 1. The van der Waals surface area contributed by atoms with Crippen molar-refractivity contribution in [2.75, 3.05) is 6.61 Å². The lowest BCUT2D eigenvalue weighted by molar-refractivity contribution is -0.384. The van der Waals surface area contributed by atoms with Gasteiger partial charge in [-0.25, -0.2) is 4.98 Å². The highest BCUT2D eigenvalue weighted by molar-refractivity contribution is 6.31. The molecule has 33 heavy (non-hydrogen) atoms. The number of non-ortho nitro benzene ring substituents is 1. The SMILES string of the molecule is CCCCOc1ccc(C(=O)/C(=C/c2ccc([N+](=O)[O-])cc2)c2nc3ccccc3o2)cc1. The number of unbranched alkanes of at least 4 members (excludes halogenated alkanes) is 1. The van der Waals surface area contributed by atoms with E-state index < -0.39 is 4.92 Å². The van der Waals surface area contributed by atoms with Crippen LogP contribution in [0.2, 0.25) is 0 Å². The zero-order valence-electron chi connectivity index (χ0n) is 18.1. The van der Waals surface area contributed by atoms with Crippen LogP contribution in [0.15, 0.2) is 77.2 Å². The predicted octanol–water partition coefficient (Wildman–Crippen LogP) is 6.34. The first-order chi connectivity index (χ1) is 16.0. The summed E-state index contributed by atoms with van der Waals surface area (Å²) in [6.07, 6.45) is 3.63. The van der Waals surface area contributed by atoms with Crippen LogP contribution in [0, 0.1) is 10.1 Å². The summed E-state index contributed by atoms with van der Waals surface area (Å²) in [5, 5.41) is 11.0. The van der Waals surface area contributed by atoms with Crippen molar-refractivity contribution in [1.29, 1.82) is 0 Å². The minimum absolute atomic E-state index is 0.0273. The third-order valence-corrected chi connectivity index (χ3v) is 5.07. The minimum Gasteiger partial charge on any atom is -0.494 e. The van der Waals surface area contributed by atoms with Gasteiger partial charge in [0.25, 0.3) is 5.69 Å². The minimum atomic E-state index is -0.468. The van der Waals surface area contributed by atoms with Crippen molar-refractivity contribution in [3.8, 4) is 5.75 Å². The van der Waals surface area contributed by atoms with Gasteiger partial charge in [-0.15, -0.1) is 0 Å². The second kappa shape index (κ2) is 9.91. The molecule has 0 saturated heterocycles. The van der Waals surface area contributed by atoms with Crippen LogP contribution in [0.25, 0.3) is 22.7 Å². The number of aromatic nitrogens is 1. The number of para-hydroxylation sites is 2. The molecule has 0 bridgehead atoms. The molecule has 1 aromatic heterocycles. The van der Waals surface area contributed by atoms with E-state index in [4.69, 9.17) is 9.15 Å². The number of ether oxygens (including phenoxy) is 1. The Morgan fingerprint density at radius 3 is 2.45 bits per heavy atom. The van der Waals surface area contributed by atoms with Crippen molar-refractivity contribution in [2.24, 2.45) is 0 Å². The van der Waals surface area contributed by atoms with E-state index >= 15 is 0 Å². The van der Waals surface area contributed by atoms with Gasteiger partial charge in [0.2, 0.25) is 5.89 Å². The standard InChI is InChI=1S/C26H22N2O5/c1-2-3-16-32-21-14-10-19(11-15-21)25(29)22(17-18-8-12-20(13-9-18)28(30)31)26-27-23-6-4-5-7-24(23)33-26/h4-15,17H,2-3,16H2,1H3/b22-17-. The summed E-state index contributed by atoms with van der Waals surface area (Å²) >= 11 is 0. The van der Waals surface area contributed by atoms with Gasteiger partial charge in [-0.2, -0.15) is 0 Å². The number of carbonyl (C=O) groups excluding carboxylic acids is 1. The molecule has 1 heterocycles. The van der Waals surface area contributed by atoms with Gasteiger partial charge in [-0.1, -0.05) is 25.5 Å². The molecule has 4 rings (SSSR count). The number of nitro groups is 1. The molecule has 166 valence electrons. The van der Waals surface area contributed by atoms with E-state index in [0.29, 0.717) is 34.6 Å². The first-order valence-corrected chi connectivity index (χ1v) is 10.6. The van der Waals surface area contributed by atoms with Crippen LogP contribution in [0.1, 0.15) is 41.6 Å². The number of hydrogen-bond donors (Lipinski definition) is 0. The summed E-state index contributed by atoms with van der Waals surface area (Å²) in [7, 11) is 0. The number of hydrogen-bond acceptors (Lipinski definition) is 6. The number of carbonyl (C=O) groups is 1. The fourth-order valence-electron chi connectivity index (χ4n) is 3.26. The van der Waals surface area contributed by atoms with Gasteiger partial charge in [0.1, 0.15) is 11.3 Å². The van der Waals surface area contributed by atoms with E-state index in [9.17, 15) is 14.9 Å². The number of nitrogens with zero attached hydrogens (tertiary/aromatic N) is 2. The molecule has 0 spiro atoms. The first-order valence-electron chi connectivity index (χ1n) is 10.6. The Morgan fingerprint density at radius 2 is 1.79 bits per heavy atom. The molecule has 0 amide bonds. The lowest BCUT2D eigenvalue weighted by Gasteiger charge is -2.07. The number of rotatable bonds is 9. The smallest absolute Gasteiger partial charge is 0.269 e. The zero-order valence-corrected chi connectivity index (χ0v) is 18.1. The maximum Gasteiger partial charge on any atom is 0.269 e. The van der Waals surface area contributed by atoms with E-state index in [1.54, 1.807) is 54.6 Å². The summed E-state index contributed by atoms with van der Waals surface area (Å²) in [6, 6.07) is 20.1.